The van der Waals surface area contributed by atoms with E-state index in [1.807, 2.05) is 79.0 Å². The van der Waals surface area contributed by atoms with Crippen LogP contribution in [0.2, 0.25) is 0 Å². The second kappa shape index (κ2) is 19.9. The molecule has 12 nitrogen and oxygen atoms in total. The van der Waals surface area contributed by atoms with Crippen LogP contribution in [-0.2, 0) is 15.6 Å². The highest BCUT2D eigenvalue weighted by molar-refractivity contribution is 6.14. The van der Waals surface area contributed by atoms with E-state index < -0.39 is 17.6 Å². The summed E-state index contributed by atoms with van der Waals surface area (Å²) in [5.41, 5.74) is 7.00. The van der Waals surface area contributed by atoms with Crippen LogP contribution in [-0.4, -0.2) is 44.9 Å². The number of aromatic amines is 1. The first kappa shape index (κ1) is 48.7. The van der Waals surface area contributed by atoms with E-state index in [0.717, 1.165) is 27.4 Å². The van der Waals surface area contributed by atoms with Crippen LogP contribution in [0.3, 0.4) is 0 Å². The molecule has 6 aromatic carbocycles. The number of rotatable bonds is 8. The molecule has 0 spiro atoms. The summed E-state index contributed by atoms with van der Waals surface area (Å²) in [7, 11) is 0. The number of ether oxygens (including phenoxy) is 1. The Kier molecular flexibility index (Phi) is 14.1. The Labute approximate surface area is 402 Å². The largest absolute Gasteiger partial charge is 0.443 e. The predicted molar refractivity (Wildman–Crippen MR) is 277 cm³/mol. The lowest BCUT2D eigenvalue weighted by molar-refractivity contribution is 0.0543. The first-order valence-corrected chi connectivity index (χ1v) is 22.7. The van der Waals surface area contributed by atoms with E-state index in [1.54, 1.807) is 99.8 Å². The molecule has 4 amide bonds. The lowest BCUT2D eigenvalue weighted by Gasteiger charge is -2.20. The van der Waals surface area contributed by atoms with Crippen molar-refractivity contribution in [3.05, 3.63) is 191 Å². The third kappa shape index (κ3) is 12.2. The molecule has 8 aromatic rings. The van der Waals surface area contributed by atoms with Crippen LogP contribution in [0.5, 0.6) is 0 Å². The van der Waals surface area contributed by atoms with Gasteiger partial charge in [-0.15, -0.1) is 0 Å². The number of para-hydroxylation sites is 2. The first-order valence-electron chi connectivity index (χ1n) is 22.7. The highest BCUT2D eigenvalue weighted by atomic mass is 16.6. The Morgan fingerprint density at radius 1 is 0.478 bits per heavy atom. The van der Waals surface area contributed by atoms with Gasteiger partial charge in [-0.05, 0) is 133 Å². The molecule has 0 atom stereocenters. The second-order valence-electron chi connectivity index (χ2n) is 19.8. The molecule has 5 N–H and O–H groups in total. The minimum Gasteiger partial charge on any atom is -0.443 e. The van der Waals surface area contributed by atoms with Gasteiger partial charge in [0.05, 0.1) is 28.0 Å². The Hall–Kier alpha value is -8.25. The minimum absolute atomic E-state index is 0.0166. The Morgan fingerprint density at radius 3 is 1.42 bits per heavy atom. The van der Waals surface area contributed by atoms with Gasteiger partial charge in [-0.1, -0.05) is 102 Å². The fourth-order valence-corrected chi connectivity index (χ4v) is 7.41. The zero-order chi connectivity index (χ0) is 49.7. The molecule has 0 saturated heterocycles. The van der Waals surface area contributed by atoms with Crippen molar-refractivity contribution < 1.29 is 28.7 Å². The molecule has 0 bridgehead atoms. The van der Waals surface area contributed by atoms with Crippen LogP contribution in [0.15, 0.2) is 158 Å². The van der Waals surface area contributed by atoms with Gasteiger partial charge in [0, 0.05) is 45.8 Å². The maximum atomic E-state index is 13.2. The average Bonchev–Trinajstić information content (AvgIpc) is 3.96. The quantitative estimate of drug-likeness (QED) is 0.102. The van der Waals surface area contributed by atoms with Crippen LogP contribution in [0.25, 0.3) is 21.8 Å². The lowest BCUT2D eigenvalue weighted by Crippen LogP contribution is -2.26. The zero-order valence-corrected chi connectivity index (χ0v) is 40.4. The molecule has 2 aromatic heterocycles. The molecule has 0 fully saturated rings. The number of nitrogens with zero attached hydrogens (tertiary/aromatic N) is 1. The van der Waals surface area contributed by atoms with Gasteiger partial charge in [0.2, 0.25) is 0 Å². The number of fused-ring (bicyclic) bond motifs is 2. The molecule has 69 heavy (non-hydrogen) atoms. The summed E-state index contributed by atoms with van der Waals surface area (Å²) in [4.78, 5) is 67.6. The van der Waals surface area contributed by atoms with Crippen molar-refractivity contribution in [1.82, 2.24) is 9.55 Å². The molecule has 0 aliphatic carbocycles. The van der Waals surface area contributed by atoms with Crippen molar-refractivity contribution in [2.24, 2.45) is 0 Å². The van der Waals surface area contributed by atoms with Gasteiger partial charge in [0.15, 0.2) is 0 Å². The number of amides is 4. The summed E-state index contributed by atoms with van der Waals surface area (Å²) < 4.78 is 6.90. The smallest absolute Gasteiger partial charge is 0.418 e. The average molecular weight is 923 g/mol. The molecule has 0 aliphatic rings. The molecule has 0 aliphatic heterocycles. The summed E-state index contributed by atoms with van der Waals surface area (Å²) in [5.74, 6) is -1.24. The number of anilines is 4. The molecule has 352 valence electrons. The fraction of sp³-hybridized carbons (Fsp3) is 0.211. The summed E-state index contributed by atoms with van der Waals surface area (Å²) in [6, 6.07) is 43.6. The molecule has 2 heterocycles. The number of carbonyl (C=O) groups excluding carboxylic acids is 5. The third-order valence-electron chi connectivity index (χ3n) is 11.2. The van der Waals surface area contributed by atoms with Gasteiger partial charge in [-0.3, -0.25) is 23.7 Å². The first-order chi connectivity index (χ1) is 32.6. The van der Waals surface area contributed by atoms with Gasteiger partial charge in [-0.2, -0.15) is 0 Å². The normalized spacial score (nSPS) is 11.6. The molecule has 0 unspecified atom stereocenters. The summed E-state index contributed by atoms with van der Waals surface area (Å²) >= 11 is 0. The predicted octanol–water partition coefficient (Wildman–Crippen LogP) is 13.2. The number of benzene rings is 6. The molecule has 8 rings (SSSR count). The highest BCUT2D eigenvalue weighted by Gasteiger charge is 2.22. The standard InChI is InChI=1S/C31H33N3O4.C26H25N3O2/c1-30(2,3)22-14-11-21(12-15-22)27(35)33-25-10-8-7-9-24(25)28(36)32-23-16-13-20-17-18-34(26(20)19-23)29(37)38-31(4,5)6;1-26(2,3)19-11-8-18(9-12-19)24(30)29-22-7-5-4-6-21(22)25(31)28-20-13-10-17-14-15-27-23(17)16-20/h7-19H,1-6H3,(H,32,36)(H,33,35);4-16,27H,1-3H3,(H,28,31)(H,29,30). The van der Waals surface area contributed by atoms with Crippen molar-refractivity contribution in [1.29, 1.82) is 0 Å². The van der Waals surface area contributed by atoms with E-state index in [-0.39, 0.29) is 28.6 Å². The van der Waals surface area contributed by atoms with Crippen molar-refractivity contribution in [3.8, 4) is 0 Å². The molecular weight excluding hydrogens is 865 g/mol. The number of carbonyl (C=O) groups is 5. The number of hydrogen-bond donors (Lipinski definition) is 5. The number of H-pyrrole nitrogens is 1. The number of hydrogen-bond acceptors (Lipinski definition) is 6. The highest BCUT2D eigenvalue weighted by Crippen LogP contribution is 2.27. The van der Waals surface area contributed by atoms with Gasteiger partial charge in [0.25, 0.3) is 23.6 Å². The van der Waals surface area contributed by atoms with E-state index in [9.17, 15) is 24.0 Å². The number of nitrogens with one attached hydrogen (secondary N) is 5. The SMILES string of the molecule is CC(C)(C)OC(=O)n1ccc2ccc(NC(=O)c3ccccc3NC(=O)c3ccc(C(C)(C)C)cc3)cc21.CC(C)(C)c1ccc(C(=O)Nc2ccccc2C(=O)Nc2ccc3cc[nH]c3c2)cc1. The van der Waals surface area contributed by atoms with E-state index in [1.165, 1.54) is 4.57 Å². The summed E-state index contributed by atoms with van der Waals surface area (Å²) in [5, 5.41) is 13.4. The van der Waals surface area contributed by atoms with Gasteiger partial charge < -0.3 is 31.0 Å². The van der Waals surface area contributed by atoms with Crippen molar-refractivity contribution in [3.63, 3.8) is 0 Å². The minimum atomic E-state index is -0.637. The van der Waals surface area contributed by atoms with E-state index in [2.05, 4.69) is 67.8 Å². The summed E-state index contributed by atoms with van der Waals surface area (Å²) in [6.07, 6.45) is 3.00. The monoisotopic (exact) mass is 922 g/mol. The molecule has 12 heteroatoms. The second-order valence-corrected chi connectivity index (χ2v) is 19.8. The topological polar surface area (TPSA) is 163 Å². The van der Waals surface area contributed by atoms with Gasteiger partial charge >= 0.3 is 6.09 Å². The zero-order valence-electron chi connectivity index (χ0n) is 40.4. The van der Waals surface area contributed by atoms with Crippen molar-refractivity contribution in [2.45, 2.75) is 78.7 Å². The Bertz CT molecular complexity index is 3180. The van der Waals surface area contributed by atoms with Crippen LogP contribution < -0.4 is 21.3 Å². The lowest BCUT2D eigenvalue weighted by atomic mass is 9.86. The van der Waals surface area contributed by atoms with Crippen LogP contribution in [0.1, 0.15) is 115 Å². The van der Waals surface area contributed by atoms with Crippen molar-refractivity contribution in [2.75, 3.05) is 21.3 Å². The van der Waals surface area contributed by atoms with Crippen molar-refractivity contribution >= 4 is 74.3 Å². The van der Waals surface area contributed by atoms with Crippen LogP contribution >= 0.6 is 0 Å². The molecule has 0 saturated carbocycles. The number of aromatic nitrogens is 2. The molecular formula is C57H58N6O6. The third-order valence-corrected chi connectivity index (χ3v) is 11.2. The Balaban J connectivity index is 0.000000208. The summed E-state index contributed by atoms with van der Waals surface area (Å²) in [6.45, 7) is 18.1. The molecule has 0 radical (unpaired) electrons. The maximum Gasteiger partial charge on any atom is 0.418 e. The van der Waals surface area contributed by atoms with Gasteiger partial charge in [-0.25, -0.2) is 4.79 Å². The van der Waals surface area contributed by atoms with E-state index in [0.29, 0.717) is 50.5 Å². The van der Waals surface area contributed by atoms with Crippen LogP contribution in [0.4, 0.5) is 27.5 Å². The van der Waals surface area contributed by atoms with Gasteiger partial charge in [0.1, 0.15) is 5.60 Å². The van der Waals surface area contributed by atoms with Crippen LogP contribution in [0, 0.1) is 0 Å². The Morgan fingerprint density at radius 2 is 0.942 bits per heavy atom. The van der Waals surface area contributed by atoms with E-state index >= 15 is 0 Å². The van der Waals surface area contributed by atoms with E-state index in [4.69, 9.17) is 4.74 Å². The maximum absolute atomic E-state index is 13.2. The fourth-order valence-electron chi connectivity index (χ4n) is 7.41.